The summed E-state index contributed by atoms with van der Waals surface area (Å²) in [6, 6.07) is 15.1. The lowest BCUT2D eigenvalue weighted by Crippen LogP contribution is -2.40. The van der Waals surface area contributed by atoms with Gasteiger partial charge in [0.05, 0.1) is 11.0 Å². The van der Waals surface area contributed by atoms with Gasteiger partial charge in [-0.15, -0.1) is 0 Å². The predicted octanol–water partition coefficient (Wildman–Crippen LogP) is 1.17. The Hall–Kier alpha value is -3.35. The fraction of sp³-hybridized carbons (Fsp3) is 0.211. The van der Waals surface area contributed by atoms with Gasteiger partial charge in [0.25, 0.3) is 0 Å². The number of imidazole rings is 1. The number of carbonyl (C=O) groups is 2. The lowest BCUT2D eigenvalue weighted by Gasteiger charge is -2.16. The van der Waals surface area contributed by atoms with Gasteiger partial charge in [-0.2, -0.15) is 0 Å². The second kappa shape index (κ2) is 7.26. The van der Waals surface area contributed by atoms with Crippen molar-refractivity contribution >= 4 is 22.8 Å². The Kier molecular flexibility index (Phi) is 4.88. The normalized spacial score (nSPS) is 12.0. The molecule has 2 aromatic carbocycles. The first-order valence-electron chi connectivity index (χ1n) is 8.34. The number of benzene rings is 2. The maximum atomic E-state index is 12.6. The van der Waals surface area contributed by atoms with Crippen LogP contribution < -0.4 is 16.7 Å². The van der Waals surface area contributed by atoms with Gasteiger partial charge in [0, 0.05) is 6.54 Å². The van der Waals surface area contributed by atoms with Crippen molar-refractivity contribution in [1.29, 1.82) is 0 Å². The summed E-state index contributed by atoms with van der Waals surface area (Å²) in [4.78, 5) is 36.9. The number of aromatic nitrogens is 2. The molecule has 7 nitrogen and oxygen atoms in total. The predicted molar refractivity (Wildman–Crippen MR) is 98.4 cm³/mol. The van der Waals surface area contributed by atoms with Crippen molar-refractivity contribution in [2.45, 2.75) is 26.1 Å². The number of para-hydroxylation sites is 2. The van der Waals surface area contributed by atoms with Crippen LogP contribution in [0.2, 0.25) is 0 Å². The van der Waals surface area contributed by atoms with Crippen molar-refractivity contribution in [3.8, 4) is 0 Å². The summed E-state index contributed by atoms with van der Waals surface area (Å²) in [5.41, 5.74) is 7.20. The van der Waals surface area contributed by atoms with Crippen LogP contribution in [0.15, 0.2) is 59.4 Å². The molecule has 0 saturated carbocycles. The molecular formula is C19H20N4O3. The molecule has 0 unspecified atom stereocenters. The van der Waals surface area contributed by atoms with E-state index in [4.69, 9.17) is 5.73 Å². The van der Waals surface area contributed by atoms with Crippen molar-refractivity contribution in [3.63, 3.8) is 0 Å². The molecule has 3 N–H and O–H groups in total. The third-order valence-electron chi connectivity index (χ3n) is 4.27. The van der Waals surface area contributed by atoms with Gasteiger partial charge in [0.2, 0.25) is 11.8 Å². The quantitative estimate of drug-likeness (QED) is 0.696. The first-order valence-corrected chi connectivity index (χ1v) is 8.34. The number of amides is 2. The molecule has 0 aliphatic rings. The monoisotopic (exact) mass is 352 g/mol. The van der Waals surface area contributed by atoms with Crippen LogP contribution in [0.3, 0.4) is 0 Å². The third kappa shape index (κ3) is 3.23. The van der Waals surface area contributed by atoms with Crippen LogP contribution in [-0.2, 0) is 22.7 Å². The summed E-state index contributed by atoms with van der Waals surface area (Å²) in [6.45, 7) is 2.18. The molecule has 7 heteroatoms. The number of rotatable bonds is 6. The number of primary amides is 1. The highest BCUT2D eigenvalue weighted by Gasteiger charge is 2.21. The van der Waals surface area contributed by atoms with Gasteiger partial charge >= 0.3 is 5.69 Å². The molecular weight excluding hydrogens is 332 g/mol. The Morgan fingerprint density at radius 1 is 1.00 bits per heavy atom. The molecule has 0 aliphatic carbocycles. The molecule has 0 spiro atoms. The molecule has 1 aromatic heterocycles. The second-order valence-electron chi connectivity index (χ2n) is 5.92. The summed E-state index contributed by atoms with van der Waals surface area (Å²) in [5.74, 6) is -1.12. The van der Waals surface area contributed by atoms with Crippen molar-refractivity contribution in [2.24, 2.45) is 5.73 Å². The van der Waals surface area contributed by atoms with Gasteiger partial charge in [-0.3, -0.25) is 18.7 Å². The summed E-state index contributed by atoms with van der Waals surface area (Å²) >= 11 is 0. The SMILES string of the molecule is CCn1c(=O)n(CC(=O)N[C@@H](C(N)=O)c2ccccc2)c2ccccc21. The average molecular weight is 352 g/mol. The van der Waals surface area contributed by atoms with Gasteiger partial charge in [-0.1, -0.05) is 42.5 Å². The molecule has 0 bridgehead atoms. The Morgan fingerprint density at radius 2 is 1.58 bits per heavy atom. The van der Waals surface area contributed by atoms with Gasteiger partial charge in [0.1, 0.15) is 12.6 Å². The van der Waals surface area contributed by atoms with Crippen LogP contribution in [0, 0.1) is 0 Å². The number of aryl methyl sites for hydroxylation is 1. The molecule has 3 rings (SSSR count). The van der Waals surface area contributed by atoms with Gasteiger partial charge in [-0.25, -0.2) is 4.79 Å². The Bertz CT molecular complexity index is 1000. The zero-order chi connectivity index (χ0) is 18.7. The zero-order valence-corrected chi connectivity index (χ0v) is 14.4. The summed E-state index contributed by atoms with van der Waals surface area (Å²) < 4.78 is 3.00. The number of hydrogen-bond acceptors (Lipinski definition) is 3. The molecule has 0 aliphatic heterocycles. The minimum atomic E-state index is -0.945. The molecule has 0 fully saturated rings. The van der Waals surface area contributed by atoms with E-state index < -0.39 is 17.9 Å². The summed E-state index contributed by atoms with van der Waals surface area (Å²) in [5, 5.41) is 2.62. The van der Waals surface area contributed by atoms with Crippen molar-refractivity contribution in [1.82, 2.24) is 14.5 Å². The Labute approximate surface area is 150 Å². The minimum absolute atomic E-state index is 0.192. The lowest BCUT2D eigenvalue weighted by atomic mass is 10.1. The molecule has 3 aromatic rings. The topological polar surface area (TPSA) is 99.1 Å². The first-order chi connectivity index (χ1) is 12.5. The van der Waals surface area contributed by atoms with E-state index in [9.17, 15) is 14.4 Å². The van der Waals surface area contributed by atoms with E-state index >= 15 is 0 Å². The van der Waals surface area contributed by atoms with Crippen molar-refractivity contribution < 1.29 is 9.59 Å². The van der Waals surface area contributed by atoms with E-state index in [0.717, 1.165) is 5.52 Å². The third-order valence-corrected chi connectivity index (χ3v) is 4.27. The molecule has 1 atom stereocenters. The number of hydrogen-bond donors (Lipinski definition) is 2. The van der Waals surface area contributed by atoms with E-state index in [1.54, 1.807) is 34.9 Å². The van der Waals surface area contributed by atoms with Gasteiger partial charge in [0.15, 0.2) is 0 Å². The van der Waals surface area contributed by atoms with E-state index in [0.29, 0.717) is 17.6 Å². The van der Waals surface area contributed by atoms with Gasteiger partial charge < -0.3 is 11.1 Å². The molecule has 26 heavy (non-hydrogen) atoms. The molecule has 2 amide bonds. The highest BCUT2D eigenvalue weighted by Crippen LogP contribution is 2.14. The van der Waals surface area contributed by atoms with E-state index in [-0.39, 0.29) is 12.2 Å². The van der Waals surface area contributed by atoms with E-state index in [2.05, 4.69) is 5.32 Å². The summed E-state index contributed by atoms with van der Waals surface area (Å²) in [6.07, 6.45) is 0. The van der Waals surface area contributed by atoms with Crippen LogP contribution in [-0.4, -0.2) is 20.9 Å². The number of nitrogens with one attached hydrogen (secondary N) is 1. The highest BCUT2D eigenvalue weighted by molar-refractivity contribution is 5.88. The second-order valence-corrected chi connectivity index (χ2v) is 5.92. The zero-order valence-electron chi connectivity index (χ0n) is 14.4. The van der Waals surface area contributed by atoms with Crippen molar-refractivity contribution in [3.05, 3.63) is 70.6 Å². The maximum Gasteiger partial charge on any atom is 0.329 e. The molecule has 0 saturated heterocycles. The van der Waals surface area contributed by atoms with Crippen LogP contribution in [0.1, 0.15) is 18.5 Å². The van der Waals surface area contributed by atoms with Gasteiger partial charge in [-0.05, 0) is 24.6 Å². The fourth-order valence-electron chi connectivity index (χ4n) is 3.05. The number of nitrogens with zero attached hydrogens (tertiary/aromatic N) is 2. The summed E-state index contributed by atoms with van der Waals surface area (Å²) in [7, 11) is 0. The maximum absolute atomic E-state index is 12.6. The van der Waals surface area contributed by atoms with E-state index in [1.807, 2.05) is 31.2 Å². The van der Waals surface area contributed by atoms with Crippen LogP contribution >= 0.6 is 0 Å². The van der Waals surface area contributed by atoms with Crippen LogP contribution in [0.4, 0.5) is 0 Å². The lowest BCUT2D eigenvalue weighted by molar-refractivity contribution is -0.127. The molecule has 134 valence electrons. The van der Waals surface area contributed by atoms with Crippen molar-refractivity contribution in [2.75, 3.05) is 0 Å². The average Bonchev–Trinajstić information content (AvgIpc) is 2.91. The standard InChI is InChI=1S/C19H20N4O3/c1-2-22-14-10-6-7-11-15(14)23(19(22)26)12-16(24)21-17(18(20)25)13-8-4-3-5-9-13/h3-11,17H,2,12H2,1H3,(H2,20,25)(H,21,24)/t17-/m1/s1. The number of fused-ring (bicyclic) bond motifs is 1. The van der Waals surface area contributed by atoms with Crippen LogP contribution in [0.25, 0.3) is 11.0 Å². The van der Waals surface area contributed by atoms with E-state index in [1.165, 1.54) is 4.57 Å². The molecule has 1 heterocycles. The smallest absolute Gasteiger partial charge is 0.329 e. The largest absolute Gasteiger partial charge is 0.368 e. The first kappa shape index (κ1) is 17.5. The van der Waals surface area contributed by atoms with Crippen LogP contribution in [0.5, 0.6) is 0 Å². The molecule has 0 radical (unpaired) electrons. The number of nitrogens with two attached hydrogens (primary N) is 1. The minimum Gasteiger partial charge on any atom is -0.368 e. The Balaban J connectivity index is 1.89. The Morgan fingerprint density at radius 3 is 2.15 bits per heavy atom. The fourth-order valence-corrected chi connectivity index (χ4v) is 3.05. The highest BCUT2D eigenvalue weighted by atomic mass is 16.2. The number of carbonyl (C=O) groups excluding carboxylic acids is 2.